The van der Waals surface area contributed by atoms with E-state index in [0.29, 0.717) is 6.61 Å². The molecule has 0 aliphatic rings. The molecule has 0 aromatic heterocycles. The summed E-state index contributed by atoms with van der Waals surface area (Å²) in [6.45, 7) is 2.43. The highest BCUT2D eigenvalue weighted by atomic mass is 19.4. The molecule has 7 heteroatoms. The Labute approximate surface area is 121 Å². The van der Waals surface area contributed by atoms with Crippen LogP contribution in [-0.2, 0) is 6.18 Å². The van der Waals surface area contributed by atoms with Crippen LogP contribution >= 0.6 is 0 Å². The first kappa shape index (κ1) is 17.1. The van der Waals surface area contributed by atoms with Crippen molar-refractivity contribution in [1.29, 1.82) is 0 Å². The van der Waals surface area contributed by atoms with Gasteiger partial charge in [0.25, 0.3) is 0 Å². The first-order valence-corrected chi connectivity index (χ1v) is 6.72. The van der Waals surface area contributed by atoms with Crippen LogP contribution in [0.3, 0.4) is 0 Å². The third-order valence-corrected chi connectivity index (χ3v) is 2.95. The van der Waals surface area contributed by atoms with Crippen molar-refractivity contribution in [2.24, 2.45) is 10.9 Å². The zero-order valence-electron chi connectivity index (χ0n) is 11.8. The number of amidine groups is 1. The number of hydrogen-bond donors (Lipinski definition) is 2. The molecule has 0 spiro atoms. The van der Waals surface area contributed by atoms with Crippen LogP contribution in [0.1, 0.15) is 43.7 Å². The summed E-state index contributed by atoms with van der Waals surface area (Å²) in [6, 6.07) is 3.38. The van der Waals surface area contributed by atoms with E-state index in [1.165, 1.54) is 6.07 Å². The normalized spacial score (nSPS) is 12.5. The van der Waals surface area contributed by atoms with Crippen LogP contribution in [0.25, 0.3) is 0 Å². The summed E-state index contributed by atoms with van der Waals surface area (Å²) in [6.07, 6.45) is -0.694. The molecule has 0 heterocycles. The molecule has 3 N–H and O–H groups in total. The average molecular weight is 304 g/mol. The van der Waals surface area contributed by atoms with Crippen molar-refractivity contribution in [2.45, 2.75) is 38.8 Å². The quantitative estimate of drug-likeness (QED) is 0.265. The highest BCUT2D eigenvalue weighted by Gasteiger charge is 2.35. The van der Waals surface area contributed by atoms with Gasteiger partial charge < -0.3 is 15.7 Å². The number of rotatable bonds is 7. The minimum Gasteiger partial charge on any atom is -0.494 e. The van der Waals surface area contributed by atoms with E-state index in [0.717, 1.165) is 37.8 Å². The van der Waals surface area contributed by atoms with E-state index >= 15 is 0 Å². The Morgan fingerprint density at radius 1 is 1.29 bits per heavy atom. The Bertz CT molecular complexity index is 488. The predicted molar refractivity (Wildman–Crippen MR) is 73.6 cm³/mol. The number of alkyl halides is 3. The Hall–Kier alpha value is -1.92. The average Bonchev–Trinajstić information content (AvgIpc) is 2.45. The molecule has 118 valence electrons. The molecule has 0 aliphatic heterocycles. The summed E-state index contributed by atoms with van der Waals surface area (Å²) in [7, 11) is 0. The second-order valence-electron chi connectivity index (χ2n) is 4.60. The van der Waals surface area contributed by atoms with Gasteiger partial charge in [-0.15, -0.1) is 0 Å². The molecular weight excluding hydrogens is 285 g/mol. The number of unbranched alkanes of at least 4 members (excludes halogenated alkanes) is 3. The van der Waals surface area contributed by atoms with Gasteiger partial charge in [-0.25, -0.2) is 0 Å². The maximum absolute atomic E-state index is 13.0. The first-order chi connectivity index (χ1) is 9.90. The zero-order valence-corrected chi connectivity index (χ0v) is 11.8. The maximum atomic E-state index is 13.0. The lowest BCUT2D eigenvalue weighted by atomic mass is 10.1. The largest absolute Gasteiger partial charge is 0.494 e. The van der Waals surface area contributed by atoms with Gasteiger partial charge >= 0.3 is 6.18 Å². The molecule has 0 atom stereocenters. The van der Waals surface area contributed by atoms with Gasteiger partial charge in [-0.3, -0.25) is 0 Å². The standard InChI is InChI=1S/C14H19F3N2O2/c1-2-3-4-5-8-21-10-6-7-11(13(18)19-20)12(9-10)14(15,16)17/h6-7,9,20H,2-5,8H2,1H3,(H2,18,19). The third kappa shape index (κ3) is 5.17. The molecule has 1 aromatic rings. The summed E-state index contributed by atoms with van der Waals surface area (Å²) in [5, 5.41) is 11.1. The number of nitrogens with zero attached hydrogens (tertiary/aromatic N) is 1. The number of nitrogens with two attached hydrogens (primary N) is 1. The molecule has 0 unspecified atom stereocenters. The molecule has 0 saturated heterocycles. The second-order valence-corrected chi connectivity index (χ2v) is 4.60. The van der Waals surface area contributed by atoms with Crippen LogP contribution in [0.4, 0.5) is 13.2 Å². The lowest BCUT2D eigenvalue weighted by Gasteiger charge is -2.14. The molecule has 21 heavy (non-hydrogen) atoms. The highest BCUT2D eigenvalue weighted by Crippen LogP contribution is 2.34. The number of hydrogen-bond acceptors (Lipinski definition) is 3. The van der Waals surface area contributed by atoms with E-state index in [1.807, 2.05) is 0 Å². The number of halogens is 3. The number of oxime groups is 1. The second kappa shape index (κ2) is 7.75. The van der Waals surface area contributed by atoms with Gasteiger partial charge in [0, 0.05) is 5.56 Å². The predicted octanol–water partition coefficient (Wildman–Crippen LogP) is 3.76. The first-order valence-electron chi connectivity index (χ1n) is 6.72. The molecule has 0 bridgehead atoms. The summed E-state index contributed by atoms with van der Waals surface area (Å²) >= 11 is 0. The number of benzene rings is 1. The summed E-state index contributed by atoms with van der Waals surface area (Å²) in [5.41, 5.74) is 3.90. The van der Waals surface area contributed by atoms with Crippen LogP contribution in [0.2, 0.25) is 0 Å². The van der Waals surface area contributed by atoms with Gasteiger partial charge in [-0.1, -0.05) is 31.3 Å². The van der Waals surface area contributed by atoms with E-state index < -0.39 is 17.6 Å². The Morgan fingerprint density at radius 3 is 2.57 bits per heavy atom. The van der Waals surface area contributed by atoms with Crippen LogP contribution in [0, 0.1) is 0 Å². The van der Waals surface area contributed by atoms with Crippen molar-refractivity contribution in [3.63, 3.8) is 0 Å². The summed E-state index contributed by atoms with van der Waals surface area (Å²) in [5.74, 6) is -0.467. The topological polar surface area (TPSA) is 67.8 Å². The Balaban J connectivity index is 2.85. The van der Waals surface area contributed by atoms with E-state index in [9.17, 15) is 13.2 Å². The molecule has 0 saturated carbocycles. The van der Waals surface area contributed by atoms with Crippen LogP contribution in [-0.4, -0.2) is 17.6 Å². The Morgan fingerprint density at radius 2 is 2.00 bits per heavy atom. The number of ether oxygens (including phenoxy) is 1. The van der Waals surface area contributed by atoms with Crippen LogP contribution < -0.4 is 10.5 Å². The lowest BCUT2D eigenvalue weighted by molar-refractivity contribution is -0.137. The molecular formula is C14H19F3N2O2. The van der Waals surface area contributed by atoms with Crippen molar-refractivity contribution in [1.82, 2.24) is 0 Å². The fraction of sp³-hybridized carbons (Fsp3) is 0.500. The van der Waals surface area contributed by atoms with Crippen molar-refractivity contribution in [3.8, 4) is 5.75 Å². The minimum absolute atomic E-state index is 0.119. The molecule has 0 radical (unpaired) electrons. The fourth-order valence-corrected chi connectivity index (χ4v) is 1.84. The van der Waals surface area contributed by atoms with Crippen molar-refractivity contribution < 1.29 is 23.1 Å². The fourth-order valence-electron chi connectivity index (χ4n) is 1.84. The highest BCUT2D eigenvalue weighted by molar-refractivity contribution is 5.98. The van der Waals surface area contributed by atoms with Gasteiger partial charge in [0.05, 0.1) is 12.2 Å². The van der Waals surface area contributed by atoms with E-state index in [2.05, 4.69) is 12.1 Å². The molecule has 1 rings (SSSR count). The van der Waals surface area contributed by atoms with Gasteiger partial charge in [0.1, 0.15) is 5.75 Å². The van der Waals surface area contributed by atoms with Crippen LogP contribution in [0.15, 0.2) is 23.4 Å². The van der Waals surface area contributed by atoms with E-state index in [-0.39, 0.29) is 11.3 Å². The molecule has 1 aromatic carbocycles. The van der Waals surface area contributed by atoms with Crippen molar-refractivity contribution in [2.75, 3.05) is 6.61 Å². The lowest BCUT2D eigenvalue weighted by Crippen LogP contribution is -2.20. The molecule has 4 nitrogen and oxygen atoms in total. The summed E-state index contributed by atoms with van der Waals surface area (Å²) in [4.78, 5) is 0. The minimum atomic E-state index is -4.60. The smallest absolute Gasteiger partial charge is 0.417 e. The molecule has 0 fully saturated rings. The monoisotopic (exact) mass is 304 g/mol. The molecule has 0 amide bonds. The van der Waals surface area contributed by atoms with Crippen molar-refractivity contribution >= 4 is 5.84 Å². The Kier molecular flexibility index (Phi) is 6.33. The summed E-state index contributed by atoms with van der Waals surface area (Å²) < 4.78 is 44.2. The van der Waals surface area contributed by atoms with E-state index in [4.69, 9.17) is 15.7 Å². The SMILES string of the molecule is CCCCCCOc1ccc(/C(N)=N/O)c(C(F)(F)F)c1. The van der Waals surface area contributed by atoms with Gasteiger partial charge in [-0.05, 0) is 24.6 Å². The van der Waals surface area contributed by atoms with Gasteiger partial charge in [-0.2, -0.15) is 13.2 Å². The zero-order chi connectivity index (χ0) is 15.9. The third-order valence-electron chi connectivity index (χ3n) is 2.95. The van der Waals surface area contributed by atoms with Crippen LogP contribution in [0.5, 0.6) is 5.75 Å². The van der Waals surface area contributed by atoms with Gasteiger partial charge in [0.2, 0.25) is 0 Å². The van der Waals surface area contributed by atoms with Gasteiger partial charge in [0.15, 0.2) is 5.84 Å². The van der Waals surface area contributed by atoms with Crippen molar-refractivity contribution in [3.05, 3.63) is 29.3 Å². The van der Waals surface area contributed by atoms with E-state index in [1.54, 1.807) is 0 Å². The maximum Gasteiger partial charge on any atom is 0.417 e. The molecule has 0 aliphatic carbocycles.